The minimum atomic E-state index is 0.0394. The number of aliphatic hydroxyl groups excluding tert-OH is 1. The van der Waals surface area contributed by atoms with Crippen molar-refractivity contribution in [2.75, 3.05) is 20.5 Å². The van der Waals surface area contributed by atoms with Crippen LogP contribution in [0.15, 0.2) is 23.8 Å². The Hall–Kier alpha value is -0.640. The molecule has 1 rings (SSSR count). The monoisotopic (exact) mass is 240 g/mol. The highest BCUT2D eigenvalue weighted by Crippen LogP contribution is 2.37. The van der Waals surface area contributed by atoms with E-state index in [0.29, 0.717) is 18.6 Å². The van der Waals surface area contributed by atoms with Gasteiger partial charge in [-0.1, -0.05) is 18.2 Å². The van der Waals surface area contributed by atoms with E-state index in [1.165, 1.54) is 11.1 Å². The highest BCUT2D eigenvalue weighted by Gasteiger charge is 2.34. The highest BCUT2D eigenvalue weighted by atomic mass is 16.7. The zero-order chi connectivity index (χ0) is 12.8. The molecule has 0 aromatic heterocycles. The van der Waals surface area contributed by atoms with Crippen molar-refractivity contribution in [3.05, 3.63) is 23.8 Å². The van der Waals surface area contributed by atoms with Crippen LogP contribution in [0, 0.1) is 11.8 Å². The summed E-state index contributed by atoms with van der Waals surface area (Å²) < 4.78 is 10.7. The first-order valence-electron chi connectivity index (χ1n) is 6.15. The third-order valence-corrected chi connectivity index (χ3v) is 3.51. The summed E-state index contributed by atoms with van der Waals surface area (Å²) >= 11 is 0. The lowest BCUT2D eigenvalue weighted by molar-refractivity contribution is -0.0885. The van der Waals surface area contributed by atoms with E-state index >= 15 is 0 Å². The molecule has 0 aromatic rings. The van der Waals surface area contributed by atoms with E-state index in [1.54, 1.807) is 7.11 Å². The van der Waals surface area contributed by atoms with Crippen LogP contribution in [-0.4, -0.2) is 31.7 Å². The molecule has 1 aliphatic carbocycles. The first-order valence-corrected chi connectivity index (χ1v) is 6.15. The van der Waals surface area contributed by atoms with Gasteiger partial charge in [0.05, 0.1) is 6.10 Å². The summed E-state index contributed by atoms with van der Waals surface area (Å²) in [6.45, 7) is 8.67. The van der Waals surface area contributed by atoms with E-state index in [0.717, 1.165) is 12.8 Å². The maximum absolute atomic E-state index is 9.21. The fraction of sp³-hybridized carbons (Fsp3) is 0.714. The minimum Gasteiger partial charge on any atom is -0.396 e. The van der Waals surface area contributed by atoms with Crippen LogP contribution in [-0.2, 0) is 9.47 Å². The number of allylic oxidation sites excluding steroid dienone is 2. The third-order valence-electron chi connectivity index (χ3n) is 3.51. The van der Waals surface area contributed by atoms with E-state index in [2.05, 4.69) is 26.5 Å². The summed E-state index contributed by atoms with van der Waals surface area (Å²) in [4.78, 5) is 0. The molecule has 0 amide bonds. The lowest BCUT2D eigenvalue weighted by atomic mass is 9.73. The summed E-state index contributed by atoms with van der Waals surface area (Å²) in [5.41, 5.74) is 2.40. The molecule has 0 aliphatic heterocycles. The smallest absolute Gasteiger partial charge is 0.147 e. The van der Waals surface area contributed by atoms with E-state index in [9.17, 15) is 5.11 Å². The minimum absolute atomic E-state index is 0.0394. The summed E-state index contributed by atoms with van der Waals surface area (Å²) in [5.74, 6) is 0.699. The number of hydrogen-bond donors (Lipinski definition) is 1. The fourth-order valence-electron chi connectivity index (χ4n) is 2.62. The Morgan fingerprint density at radius 1 is 1.59 bits per heavy atom. The fourth-order valence-corrected chi connectivity index (χ4v) is 2.62. The molecule has 3 atom stereocenters. The molecule has 0 saturated heterocycles. The van der Waals surface area contributed by atoms with Crippen LogP contribution in [0.25, 0.3) is 0 Å². The van der Waals surface area contributed by atoms with Crippen molar-refractivity contribution in [3.8, 4) is 0 Å². The molecule has 1 N–H and O–H groups in total. The molecule has 0 unspecified atom stereocenters. The molecule has 1 aliphatic rings. The molecule has 3 nitrogen and oxygen atoms in total. The lowest BCUT2D eigenvalue weighted by Crippen LogP contribution is -2.36. The Morgan fingerprint density at radius 2 is 2.29 bits per heavy atom. The van der Waals surface area contributed by atoms with Gasteiger partial charge in [-0.3, -0.25) is 0 Å². The quantitative estimate of drug-likeness (QED) is 0.572. The Labute approximate surface area is 104 Å². The van der Waals surface area contributed by atoms with Crippen LogP contribution in [0.3, 0.4) is 0 Å². The second-order valence-electron chi connectivity index (χ2n) is 4.81. The summed E-state index contributed by atoms with van der Waals surface area (Å²) in [6.07, 6.45) is 4.00. The van der Waals surface area contributed by atoms with Gasteiger partial charge in [-0.2, -0.15) is 0 Å². The normalized spacial score (nSPS) is 28.9. The summed E-state index contributed by atoms with van der Waals surface area (Å²) in [5, 5.41) is 9.21. The van der Waals surface area contributed by atoms with Crippen molar-refractivity contribution in [2.45, 2.75) is 32.8 Å². The van der Waals surface area contributed by atoms with Gasteiger partial charge < -0.3 is 14.6 Å². The largest absolute Gasteiger partial charge is 0.396 e. The van der Waals surface area contributed by atoms with Crippen molar-refractivity contribution in [1.82, 2.24) is 0 Å². The molecular formula is C14H24O3. The second kappa shape index (κ2) is 6.94. The Balaban J connectivity index is 2.82. The molecule has 0 aromatic carbocycles. The van der Waals surface area contributed by atoms with Gasteiger partial charge in [-0.05, 0) is 44.1 Å². The number of hydrogen-bond acceptors (Lipinski definition) is 3. The Kier molecular flexibility index (Phi) is 5.89. The molecule has 0 fully saturated rings. The molecule has 0 saturated carbocycles. The van der Waals surface area contributed by atoms with Crippen LogP contribution >= 0.6 is 0 Å². The highest BCUT2D eigenvalue weighted by molar-refractivity contribution is 5.18. The van der Waals surface area contributed by atoms with Crippen molar-refractivity contribution in [1.29, 1.82) is 0 Å². The second-order valence-corrected chi connectivity index (χ2v) is 4.81. The molecule has 0 bridgehead atoms. The summed E-state index contributed by atoms with van der Waals surface area (Å²) in [7, 11) is 1.62. The first-order chi connectivity index (χ1) is 8.11. The maximum Gasteiger partial charge on any atom is 0.147 e. The molecule has 0 heterocycles. The van der Waals surface area contributed by atoms with Gasteiger partial charge in [0.1, 0.15) is 6.79 Å². The average molecular weight is 240 g/mol. The SMILES string of the molecule is C=C(C)[C@@H]1CC=C(C)[C@H](OCOC)[C@H]1CCO. The van der Waals surface area contributed by atoms with Crippen molar-refractivity contribution >= 4 is 0 Å². The Bertz CT molecular complexity index is 283. The molecule has 17 heavy (non-hydrogen) atoms. The van der Waals surface area contributed by atoms with E-state index < -0.39 is 0 Å². The maximum atomic E-state index is 9.21. The van der Waals surface area contributed by atoms with Gasteiger partial charge in [0, 0.05) is 13.7 Å². The van der Waals surface area contributed by atoms with Gasteiger partial charge in [-0.15, -0.1) is 0 Å². The van der Waals surface area contributed by atoms with Crippen LogP contribution in [0.4, 0.5) is 0 Å². The van der Waals surface area contributed by atoms with Crippen LogP contribution in [0.2, 0.25) is 0 Å². The van der Waals surface area contributed by atoms with Gasteiger partial charge in [0.25, 0.3) is 0 Å². The predicted molar refractivity (Wildman–Crippen MR) is 68.6 cm³/mol. The van der Waals surface area contributed by atoms with Crippen molar-refractivity contribution in [3.63, 3.8) is 0 Å². The number of aliphatic hydroxyl groups is 1. The zero-order valence-corrected chi connectivity index (χ0v) is 11.1. The van der Waals surface area contributed by atoms with E-state index in [4.69, 9.17) is 9.47 Å². The lowest BCUT2D eigenvalue weighted by Gasteiger charge is -2.37. The standard InChI is InChI=1S/C14H24O3/c1-10(2)12-6-5-11(3)14(17-9-16-4)13(12)7-8-15/h5,12-15H,1,6-9H2,2-4H3/t12-,13-,14-/m0/s1. The van der Waals surface area contributed by atoms with Crippen LogP contribution in [0.5, 0.6) is 0 Å². The van der Waals surface area contributed by atoms with E-state index in [1.807, 2.05) is 0 Å². The molecule has 0 radical (unpaired) electrons. The summed E-state index contributed by atoms with van der Waals surface area (Å²) in [6, 6.07) is 0. The average Bonchev–Trinajstić information content (AvgIpc) is 2.28. The van der Waals surface area contributed by atoms with Gasteiger partial charge in [0.2, 0.25) is 0 Å². The third kappa shape index (κ3) is 3.66. The van der Waals surface area contributed by atoms with Crippen molar-refractivity contribution < 1.29 is 14.6 Å². The number of methoxy groups -OCH3 is 1. The number of rotatable bonds is 6. The zero-order valence-electron chi connectivity index (χ0n) is 11.1. The molecular weight excluding hydrogens is 216 g/mol. The number of ether oxygens (including phenoxy) is 2. The predicted octanol–water partition coefficient (Wildman–Crippen LogP) is 2.52. The molecule has 3 heteroatoms. The van der Waals surface area contributed by atoms with Gasteiger partial charge in [-0.25, -0.2) is 0 Å². The van der Waals surface area contributed by atoms with Gasteiger partial charge in [0.15, 0.2) is 0 Å². The van der Waals surface area contributed by atoms with Crippen LogP contribution in [0.1, 0.15) is 26.7 Å². The van der Waals surface area contributed by atoms with Gasteiger partial charge >= 0.3 is 0 Å². The topological polar surface area (TPSA) is 38.7 Å². The van der Waals surface area contributed by atoms with E-state index in [-0.39, 0.29) is 12.7 Å². The Morgan fingerprint density at radius 3 is 2.82 bits per heavy atom. The first kappa shape index (κ1) is 14.4. The van der Waals surface area contributed by atoms with Crippen LogP contribution < -0.4 is 0 Å². The molecule has 0 spiro atoms. The molecule has 98 valence electrons. The van der Waals surface area contributed by atoms with Crippen molar-refractivity contribution in [2.24, 2.45) is 11.8 Å².